The van der Waals surface area contributed by atoms with E-state index in [1.54, 1.807) is 0 Å². The molecule has 0 unspecified atom stereocenters. The topological polar surface area (TPSA) is 57.0 Å². The van der Waals surface area contributed by atoms with Gasteiger partial charge in [-0.1, -0.05) is 66.2 Å². The van der Waals surface area contributed by atoms with Crippen molar-refractivity contribution in [2.24, 2.45) is 0 Å². The second-order valence-corrected chi connectivity index (χ2v) is 9.70. The number of pyridine rings is 1. The molecule has 0 saturated heterocycles. The minimum atomic E-state index is 0.0486. The van der Waals surface area contributed by atoms with E-state index in [1.807, 2.05) is 65.6 Å². The van der Waals surface area contributed by atoms with Gasteiger partial charge < -0.3 is 0 Å². The maximum absolute atomic E-state index is 13.6. The predicted octanol–water partition coefficient (Wildman–Crippen LogP) is 6.87. The summed E-state index contributed by atoms with van der Waals surface area (Å²) in [6.07, 6.45) is 2.16. The number of benzene rings is 3. The lowest BCUT2D eigenvalue weighted by Gasteiger charge is -2.25. The van der Waals surface area contributed by atoms with Crippen LogP contribution in [0.25, 0.3) is 11.3 Å². The number of thioether (sulfide) groups is 1. The van der Waals surface area contributed by atoms with Gasteiger partial charge in [0.15, 0.2) is 0 Å². The molecule has 2 heterocycles. The van der Waals surface area contributed by atoms with Crippen LogP contribution in [0, 0.1) is 18.3 Å². The Hall–Kier alpha value is -3.88. The molecule has 0 radical (unpaired) electrons. The molecule has 35 heavy (non-hydrogen) atoms. The van der Waals surface area contributed by atoms with Crippen molar-refractivity contribution in [3.63, 3.8) is 0 Å². The van der Waals surface area contributed by atoms with Crippen LogP contribution in [-0.2, 0) is 17.6 Å². The third kappa shape index (κ3) is 4.84. The maximum Gasteiger partial charge on any atom is 0.232 e. The van der Waals surface area contributed by atoms with Crippen LogP contribution in [0.1, 0.15) is 28.7 Å². The molecule has 0 atom stereocenters. The second kappa shape index (κ2) is 10.2. The van der Waals surface area contributed by atoms with Crippen molar-refractivity contribution in [2.45, 2.75) is 31.2 Å². The zero-order chi connectivity index (χ0) is 24.2. The molecule has 4 nitrogen and oxygen atoms in total. The van der Waals surface area contributed by atoms with Gasteiger partial charge >= 0.3 is 0 Å². The molecule has 1 amide bonds. The third-order valence-electron chi connectivity index (χ3n) is 6.26. The summed E-state index contributed by atoms with van der Waals surface area (Å²) in [6.45, 7) is 2.05. The molecule has 0 fully saturated rings. The highest BCUT2D eigenvalue weighted by Crippen LogP contribution is 2.37. The smallest absolute Gasteiger partial charge is 0.232 e. The second-order valence-electron chi connectivity index (χ2n) is 8.61. The van der Waals surface area contributed by atoms with Gasteiger partial charge in [-0.15, -0.1) is 11.8 Å². The number of aromatic nitrogens is 1. The van der Waals surface area contributed by atoms with Gasteiger partial charge in [-0.25, -0.2) is 4.98 Å². The van der Waals surface area contributed by atoms with E-state index in [2.05, 4.69) is 37.3 Å². The third-order valence-corrected chi connectivity index (χ3v) is 7.25. The Morgan fingerprint density at radius 1 is 0.914 bits per heavy atom. The van der Waals surface area contributed by atoms with Gasteiger partial charge in [0, 0.05) is 17.7 Å². The van der Waals surface area contributed by atoms with E-state index < -0.39 is 0 Å². The number of hydrogen-bond acceptors (Lipinski definition) is 4. The van der Waals surface area contributed by atoms with Crippen molar-refractivity contribution < 1.29 is 4.79 Å². The van der Waals surface area contributed by atoms with Gasteiger partial charge in [0.1, 0.15) is 11.1 Å². The number of hydrogen-bond donors (Lipinski definition) is 0. The van der Waals surface area contributed by atoms with Gasteiger partial charge in [0.2, 0.25) is 5.91 Å². The van der Waals surface area contributed by atoms with Crippen molar-refractivity contribution >= 4 is 29.0 Å². The van der Waals surface area contributed by atoms with E-state index in [-0.39, 0.29) is 5.91 Å². The first-order valence-corrected chi connectivity index (χ1v) is 12.7. The van der Waals surface area contributed by atoms with Gasteiger partial charge in [0.05, 0.1) is 22.6 Å². The zero-order valence-corrected chi connectivity index (χ0v) is 20.4. The summed E-state index contributed by atoms with van der Waals surface area (Å²) < 4.78 is 0. The highest BCUT2D eigenvalue weighted by Gasteiger charge is 2.25. The van der Waals surface area contributed by atoms with E-state index in [1.165, 1.54) is 28.5 Å². The number of fused-ring (bicyclic) bond motifs is 2. The van der Waals surface area contributed by atoms with Crippen molar-refractivity contribution in [3.05, 3.63) is 107 Å². The number of nitriles is 1. The first-order valence-electron chi connectivity index (χ1n) is 11.7. The largest absolute Gasteiger partial charge is 0.280 e. The quantitative estimate of drug-likeness (QED) is 0.295. The molecule has 5 heteroatoms. The lowest BCUT2D eigenvalue weighted by molar-refractivity contribution is -0.117. The average molecular weight is 476 g/mol. The van der Waals surface area contributed by atoms with Crippen LogP contribution in [0.3, 0.4) is 0 Å². The Morgan fingerprint density at radius 3 is 2.17 bits per heavy atom. The van der Waals surface area contributed by atoms with Gasteiger partial charge in [-0.05, 0) is 55.2 Å². The fourth-order valence-electron chi connectivity index (χ4n) is 4.42. The molecule has 0 bridgehead atoms. The van der Waals surface area contributed by atoms with Crippen LogP contribution >= 0.6 is 11.8 Å². The fraction of sp³-hybridized carbons (Fsp3) is 0.167. The molecule has 1 aromatic heterocycles. The molecule has 0 N–H and O–H groups in total. The van der Waals surface area contributed by atoms with Crippen molar-refractivity contribution in [3.8, 4) is 17.3 Å². The number of carbonyl (C=O) groups excluding carboxylic acids is 1. The average Bonchev–Trinajstić information content (AvgIpc) is 3.06. The minimum absolute atomic E-state index is 0.0486. The molecule has 0 spiro atoms. The Morgan fingerprint density at radius 2 is 1.54 bits per heavy atom. The molecule has 3 aromatic carbocycles. The Kier molecular flexibility index (Phi) is 6.65. The standard InChI is InChI=1S/C30H25N3OS/c1-21-10-12-22(13-11-21)26-17-16-25(20-31)30(32-26)35-19-18-29(34)33-27-8-4-2-6-23(27)14-15-24-7-3-5-9-28(24)33/h2-13,16-17H,14-15,18-19H2,1H3. The first kappa shape index (κ1) is 22.9. The van der Waals surface area contributed by atoms with Crippen LogP contribution in [0.2, 0.25) is 0 Å². The summed E-state index contributed by atoms with van der Waals surface area (Å²) in [6, 6.07) is 30.4. The molecule has 4 aromatic rings. The number of rotatable bonds is 5. The highest BCUT2D eigenvalue weighted by molar-refractivity contribution is 7.99. The van der Waals surface area contributed by atoms with Crippen LogP contribution in [0.5, 0.6) is 0 Å². The van der Waals surface area contributed by atoms with E-state index in [0.29, 0.717) is 22.8 Å². The molecule has 0 aliphatic carbocycles. The zero-order valence-electron chi connectivity index (χ0n) is 19.6. The van der Waals surface area contributed by atoms with E-state index >= 15 is 0 Å². The number of amides is 1. The lowest BCUT2D eigenvalue weighted by Crippen LogP contribution is -2.27. The number of aryl methyl sites for hydroxylation is 3. The van der Waals surface area contributed by atoms with Gasteiger partial charge in [-0.2, -0.15) is 5.26 Å². The number of para-hydroxylation sites is 2. The molecule has 0 saturated carbocycles. The van der Waals surface area contributed by atoms with Crippen molar-refractivity contribution in [2.75, 3.05) is 10.7 Å². The monoisotopic (exact) mass is 475 g/mol. The molecular weight excluding hydrogens is 450 g/mol. The van der Waals surface area contributed by atoms with Crippen LogP contribution in [0.15, 0.2) is 90.0 Å². The molecule has 1 aliphatic heterocycles. The summed E-state index contributed by atoms with van der Waals surface area (Å²) in [5.74, 6) is 0.589. The maximum atomic E-state index is 13.6. The predicted molar refractivity (Wildman–Crippen MR) is 142 cm³/mol. The van der Waals surface area contributed by atoms with Crippen molar-refractivity contribution in [1.82, 2.24) is 4.98 Å². The van der Waals surface area contributed by atoms with Crippen LogP contribution in [-0.4, -0.2) is 16.6 Å². The molecule has 1 aliphatic rings. The molecule has 172 valence electrons. The first-order chi connectivity index (χ1) is 17.1. The summed E-state index contributed by atoms with van der Waals surface area (Å²) >= 11 is 1.46. The summed E-state index contributed by atoms with van der Waals surface area (Å²) in [4.78, 5) is 20.2. The summed E-state index contributed by atoms with van der Waals surface area (Å²) in [7, 11) is 0. The SMILES string of the molecule is Cc1ccc(-c2ccc(C#N)c(SCCC(=O)N3c4ccccc4CCc4ccccc43)n2)cc1. The van der Waals surface area contributed by atoms with Crippen LogP contribution < -0.4 is 4.90 Å². The van der Waals surface area contributed by atoms with Gasteiger partial charge in [0.25, 0.3) is 0 Å². The highest BCUT2D eigenvalue weighted by atomic mass is 32.2. The number of carbonyl (C=O) groups is 1. The minimum Gasteiger partial charge on any atom is -0.280 e. The van der Waals surface area contributed by atoms with E-state index in [4.69, 9.17) is 4.98 Å². The Bertz CT molecular complexity index is 1370. The molecule has 5 rings (SSSR count). The fourth-order valence-corrected chi connectivity index (χ4v) is 5.32. The van der Waals surface area contributed by atoms with E-state index in [0.717, 1.165) is 35.5 Å². The normalized spacial score (nSPS) is 12.3. The van der Waals surface area contributed by atoms with Crippen molar-refractivity contribution in [1.29, 1.82) is 5.26 Å². The Balaban J connectivity index is 1.37. The van der Waals surface area contributed by atoms with Gasteiger partial charge in [-0.3, -0.25) is 9.69 Å². The van der Waals surface area contributed by atoms with Crippen LogP contribution in [0.4, 0.5) is 11.4 Å². The molecular formula is C30H25N3OS. The summed E-state index contributed by atoms with van der Waals surface area (Å²) in [5.41, 5.74) is 7.85. The summed E-state index contributed by atoms with van der Waals surface area (Å²) in [5, 5.41) is 10.3. The Labute approximate surface area is 210 Å². The number of anilines is 2. The number of nitrogens with zero attached hydrogens (tertiary/aromatic N) is 3. The van der Waals surface area contributed by atoms with E-state index in [9.17, 15) is 10.1 Å². The lowest BCUT2D eigenvalue weighted by atomic mass is 10.0.